The zero-order valence-electron chi connectivity index (χ0n) is 18.5. The minimum atomic E-state index is -0.835. The molecule has 166 valence electrons. The van der Waals surface area contributed by atoms with Gasteiger partial charge in [-0.2, -0.15) is 4.98 Å². The molecule has 0 amide bonds. The SMILES string of the molecule is COc1cc2cnc(OC3(C)C=c4ccccc4=N3)nc2cc1OCCC1CCNCC1. The van der Waals surface area contributed by atoms with Crippen molar-refractivity contribution < 1.29 is 14.2 Å². The molecule has 1 unspecified atom stereocenters. The highest BCUT2D eigenvalue weighted by Gasteiger charge is 2.27. The zero-order valence-corrected chi connectivity index (χ0v) is 18.5. The predicted molar refractivity (Wildman–Crippen MR) is 123 cm³/mol. The molecule has 0 saturated carbocycles. The van der Waals surface area contributed by atoms with Crippen LogP contribution in [0.2, 0.25) is 0 Å². The molecule has 7 nitrogen and oxygen atoms in total. The number of benzene rings is 2. The quantitative estimate of drug-likeness (QED) is 0.619. The molecule has 0 spiro atoms. The third kappa shape index (κ3) is 4.39. The number of aromatic nitrogens is 2. The number of piperidine rings is 1. The minimum absolute atomic E-state index is 0.277. The molecule has 1 aromatic heterocycles. The first kappa shape index (κ1) is 20.7. The van der Waals surface area contributed by atoms with Crippen molar-refractivity contribution in [2.24, 2.45) is 10.9 Å². The van der Waals surface area contributed by atoms with E-state index in [0.29, 0.717) is 24.0 Å². The van der Waals surface area contributed by atoms with Gasteiger partial charge in [0.15, 0.2) is 11.5 Å². The van der Waals surface area contributed by atoms with E-state index in [2.05, 4.69) is 20.3 Å². The highest BCUT2D eigenvalue weighted by Crippen LogP contribution is 2.33. The maximum Gasteiger partial charge on any atom is 0.319 e. The van der Waals surface area contributed by atoms with E-state index in [1.165, 1.54) is 12.8 Å². The Balaban J connectivity index is 1.35. The first-order valence-electron chi connectivity index (χ1n) is 11.2. The molecule has 32 heavy (non-hydrogen) atoms. The largest absolute Gasteiger partial charge is 0.493 e. The lowest BCUT2D eigenvalue weighted by molar-refractivity contribution is 0.151. The summed E-state index contributed by atoms with van der Waals surface area (Å²) in [5.74, 6) is 2.08. The lowest BCUT2D eigenvalue weighted by Gasteiger charge is -2.22. The van der Waals surface area contributed by atoms with Crippen LogP contribution in [0.5, 0.6) is 17.5 Å². The van der Waals surface area contributed by atoms with Crippen molar-refractivity contribution in [3.05, 3.63) is 53.2 Å². The second-order valence-electron chi connectivity index (χ2n) is 8.52. The molecule has 3 heterocycles. The van der Waals surface area contributed by atoms with Gasteiger partial charge < -0.3 is 19.5 Å². The molecule has 5 rings (SSSR count). The van der Waals surface area contributed by atoms with Crippen molar-refractivity contribution >= 4 is 17.0 Å². The van der Waals surface area contributed by atoms with Gasteiger partial charge in [0, 0.05) is 29.8 Å². The fourth-order valence-corrected chi connectivity index (χ4v) is 4.36. The molecule has 2 aromatic carbocycles. The molecule has 7 heteroatoms. The Bertz CT molecular complexity index is 1200. The van der Waals surface area contributed by atoms with Gasteiger partial charge in [-0.15, -0.1) is 0 Å². The van der Waals surface area contributed by atoms with E-state index in [4.69, 9.17) is 14.2 Å². The van der Waals surface area contributed by atoms with Crippen LogP contribution in [0.15, 0.2) is 47.6 Å². The van der Waals surface area contributed by atoms with E-state index in [9.17, 15) is 0 Å². The van der Waals surface area contributed by atoms with Crippen molar-refractivity contribution in [1.82, 2.24) is 15.3 Å². The Hall–Kier alpha value is -3.19. The van der Waals surface area contributed by atoms with Crippen molar-refractivity contribution in [1.29, 1.82) is 0 Å². The van der Waals surface area contributed by atoms with Crippen molar-refractivity contribution in [2.45, 2.75) is 31.9 Å². The Morgan fingerprint density at radius 3 is 2.78 bits per heavy atom. The van der Waals surface area contributed by atoms with Crippen LogP contribution in [0.3, 0.4) is 0 Å². The minimum Gasteiger partial charge on any atom is -0.493 e. The molecule has 3 aromatic rings. The summed E-state index contributed by atoms with van der Waals surface area (Å²) >= 11 is 0. The summed E-state index contributed by atoms with van der Waals surface area (Å²) < 4.78 is 17.7. The number of methoxy groups -OCH3 is 1. The molecule has 1 saturated heterocycles. The van der Waals surface area contributed by atoms with Gasteiger partial charge in [-0.05, 0) is 56.5 Å². The summed E-state index contributed by atoms with van der Waals surface area (Å²) in [4.78, 5) is 13.7. The van der Waals surface area contributed by atoms with Crippen LogP contribution in [-0.4, -0.2) is 42.5 Å². The Morgan fingerprint density at radius 1 is 1.12 bits per heavy atom. The van der Waals surface area contributed by atoms with Crippen LogP contribution in [0.1, 0.15) is 26.2 Å². The number of nitrogens with zero attached hydrogens (tertiary/aromatic N) is 3. The van der Waals surface area contributed by atoms with Crippen LogP contribution in [-0.2, 0) is 0 Å². The van der Waals surface area contributed by atoms with Crippen LogP contribution in [0, 0.1) is 5.92 Å². The summed E-state index contributed by atoms with van der Waals surface area (Å²) in [5.41, 5.74) is -0.0929. The standard InChI is InChI=1S/C25H28N4O3/c1-25(15-18-5-3-4-6-20(18)29-25)32-24-27-16-19-13-22(30-2)23(14-21(19)28-24)31-12-9-17-7-10-26-11-8-17/h3-6,13-17,26H,7-12H2,1-2H3. The van der Waals surface area contributed by atoms with E-state index in [1.54, 1.807) is 13.3 Å². The fraction of sp³-hybridized carbons (Fsp3) is 0.400. The average molecular weight is 433 g/mol. The molecule has 1 atom stereocenters. The summed E-state index contributed by atoms with van der Waals surface area (Å²) in [6.45, 7) is 4.75. The van der Waals surface area contributed by atoms with E-state index in [0.717, 1.165) is 41.0 Å². The van der Waals surface area contributed by atoms with Crippen LogP contribution in [0.25, 0.3) is 17.0 Å². The van der Waals surface area contributed by atoms with Crippen LogP contribution < -0.4 is 30.1 Å². The van der Waals surface area contributed by atoms with Gasteiger partial charge in [-0.1, -0.05) is 18.2 Å². The number of nitrogens with one attached hydrogen (secondary N) is 1. The smallest absolute Gasteiger partial charge is 0.319 e. The molecule has 2 aliphatic rings. The van der Waals surface area contributed by atoms with Crippen molar-refractivity contribution in [2.75, 3.05) is 26.8 Å². The summed E-state index contributed by atoms with van der Waals surface area (Å²) in [6, 6.07) is 12.0. The fourth-order valence-electron chi connectivity index (χ4n) is 4.36. The first-order chi connectivity index (χ1) is 15.6. The molecule has 1 fully saturated rings. The molecule has 0 bridgehead atoms. The average Bonchev–Trinajstić information content (AvgIpc) is 3.15. The van der Waals surface area contributed by atoms with Crippen LogP contribution >= 0.6 is 0 Å². The monoisotopic (exact) mass is 432 g/mol. The van der Waals surface area contributed by atoms with Crippen molar-refractivity contribution in [3.8, 4) is 17.5 Å². The number of rotatable bonds is 7. The zero-order chi connectivity index (χ0) is 22.0. The number of ether oxygens (including phenoxy) is 3. The number of para-hydroxylation sites is 1. The molecule has 1 N–H and O–H groups in total. The highest BCUT2D eigenvalue weighted by atomic mass is 16.5. The molecule has 0 aliphatic carbocycles. The molecule has 2 aliphatic heterocycles. The predicted octanol–water partition coefficient (Wildman–Crippen LogP) is 2.62. The lowest BCUT2D eigenvalue weighted by Crippen LogP contribution is -2.28. The Morgan fingerprint density at radius 2 is 1.97 bits per heavy atom. The molecular weight excluding hydrogens is 404 g/mol. The van der Waals surface area contributed by atoms with Gasteiger partial charge in [0.05, 0.1) is 24.6 Å². The van der Waals surface area contributed by atoms with E-state index in [-0.39, 0.29) is 6.01 Å². The Labute approximate surface area is 187 Å². The van der Waals surface area contributed by atoms with Crippen molar-refractivity contribution in [3.63, 3.8) is 0 Å². The number of hydrogen-bond acceptors (Lipinski definition) is 7. The first-order valence-corrected chi connectivity index (χ1v) is 11.2. The number of hydrogen-bond donors (Lipinski definition) is 1. The third-order valence-corrected chi connectivity index (χ3v) is 6.09. The second kappa shape index (κ2) is 8.74. The molecule has 0 radical (unpaired) electrons. The highest BCUT2D eigenvalue weighted by molar-refractivity contribution is 5.82. The maximum absolute atomic E-state index is 6.10. The normalized spacial score (nSPS) is 20.3. The molecular formula is C25H28N4O3. The van der Waals surface area contributed by atoms with Gasteiger partial charge in [0.2, 0.25) is 5.72 Å². The van der Waals surface area contributed by atoms with E-state index < -0.39 is 5.72 Å². The number of fused-ring (bicyclic) bond motifs is 2. The summed E-state index contributed by atoms with van der Waals surface area (Å²) in [6.07, 6.45) is 7.18. The summed E-state index contributed by atoms with van der Waals surface area (Å²) in [5, 5.41) is 6.22. The Kier molecular flexibility index (Phi) is 5.66. The third-order valence-electron chi connectivity index (χ3n) is 6.09. The van der Waals surface area contributed by atoms with Gasteiger partial charge in [0.1, 0.15) is 0 Å². The lowest BCUT2D eigenvalue weighted by atomic mass is 9.95. The topological polar surface area (TPSA) is 77.9 Å². The maximum atomic E-state index is 6.10. The summed E-state index contributed by atoms with van der Waals surface area (Å²) in [7, 11) is 1.65. The van der Waals surface area contributed by atoms with Gasteiger partial charge >= 0.3 is 6.01 Å². The van der Waals surface area contributed by atoms with E-state index in [1.807, 2.05) is 49.4 Å². The van der Waals surface area contributed by atoms with E-state index >= 15 is 0 Å². The van der Waals surface area contributed by atoms with Gasteiger partial charge in [0.25, 0.3) is 0 Å². The van der Waals surface area contributed by atoms with Gasteiger partial charge in [-0.25, -0.2) is 9.98 Å². The second-order valence-corrected chi connectivity index (χ2v) is 8.52. The van der Waals surface area contributed by atoms with Crippen LogP contribution in [0.4, 0.5) is 0 Å². The van der Waals surface area contributed by atoms with Gasteiger partial charge in [-0.3, -0.25) is 0 Å².